The van der Waals surface area contributed by atoms with Crippen LogP contribution in [0.2, 0.25) is 5.02 Å². The van der Waals surface area contributed by atoms with Gasteiger partial charge in [-0.25, -0.2) is 0 Å². The lowest BCUT2D eigenvalue weighted by Gasteiger charge is -2.29. The molecule has 1 amide bonds. The molecule has 1 saturated heterocycles. The van der Waals surface area contributed by atoms with Gasteiger partial charge in [0.05, 0.1) is 6.10 Å². The van der Waals surface area contributed by atoms with E-state index in [1.807, 2.05) is 54.6 Å². The minimum Gasteiger partial charge on any atom is -0.393 e. The molecule has 5 heteroatoms. The number of aliphatic hydroxyl groups excluding tert-OH is 1. The third-order valence-corrected chi connectivity index (χ3v) is 5.52. The summed E-state index contributed by atoms with van der Waals surface area (Å²) in [6, 6.07) is 17.8. The highest BCUT2D eigenvalue weighted by molar-refractivity contribution is 6.31. The van der Waals surface area contributed by atoms with Crippen molar-refractivity contribution < 1.29 is 9.90 Å². The van der Waals surface area contributed by atoms with E-state index in [4.69, 9.17) is 11.6 Å². The Hall–Kier alpha value is -1.88. The average Bonchev–Trinajstić information content (AvgIpc) is 2.69. The zero-order valence-corrected chi connectivity index (χ0v) is 16.2. The third kappa shape index (κ3) is 5.80. The van der Waals surface area contributed by atoms with Crippen LogP contribution in [0.1, 0.15) is 36.3 Å². The van der Waals surface area contributed by atoms with E-state index in [9.17, 15) is 9.90 Å². The summed E-state index contributed by atoms with van der Waals surface area (Å²) in [6.45, 7) is 3.23. The number of carbonyl (C=O) groups is 1. The second-order valence-electron chi connectivity index (χ2n) is 7.11. The van der Waals surface area contributed by atoms with E-state index >= 15 is 0 Å². The van der Waals surface area contributed by atoms with Gasteiger partial charge in [0.15, 0.2) is 0 Å². The maximum atomic E-state index is 12.6. The highest BCUT2D eigenvalue weighted by Crippen LogP contribution is 2.32. The molecular formula is C22H27ClN2O2. The van der Waals surface area contributed by atoms with Crippen LogP contribution in [-0.2, 0) is 4.79 Å². The van der Waals surface area contributed by atoms with Crippen LogP contribution in [0.5, 0.6) is 0 Å². The lowest BCUT2D eigenvalue weighted by molar-refractivity contribution is -0.121. The van der Waals surface area contributed by atoms with E-state index < -0.39 is 0 Å². The number of likely N-dealkylation sites (tertiary alicyclic amines) is 1. The van der Waals surface area contributed by atoms with E-state index in [1.165, 1.54) is 0 Å². The molecule has 0 spiro atoms. The molecular weight excluding hydrogens is 360 g/mol. The van der Waals surface area contributed by atoms with E-state index in [-0.39, 0.29) is 17.9 Å². The molecule has 1 fully saturated rings. The molecule has 1 heterocycles. The van der Waals surface area contributed by atoms with Crippen LogP contribution >= 0.6 is 11.6 Å². The standard InChI is InChI=1S/C22H27ClN2O2/c23-21-9-5-4-8-19(21)20(17-6-2-1-3-7-17)16-22(27)24-12-15-25-13-10-18(26)11-14-25/h1-9,18,20,26H,10-16H2,(H,24,27). The zero-order valence-electron chi connectivity index (χ0n) is 15.5. The Balaban J connectivity index is 1.59. The van der Waals surface area contributed by atoms with Gasteiger partial charge in [-0.2, -0.15) is 0 Å². The Morgan fingerprint density at radius 2 is 1.78 bits per heavy atom. The molecule has 1 atom stereocenters. The minimum atomic E-state index is -0.168. The van der Waals surface area contributed by atoms with Crippen LogP contribution in [0, 0.1) is 0 Å². The molecule has 0 aliphatic carbocycles. The Labute approximate surface area is 166 Å². The molecule has 1 aliphatic rings. The summed E-state index contributed by atoms with van der Waals surface area (Å²) in [5.41, 5.74) is 2.07. The Morgan fingerprint density at radius 1 is 1.11 bits per heavy atom. The smallest absolute Gasteiger partial charge is 0.220 e. The van der Waals surface area contributed by atoms with Crippen molar-refractivity contribution in [2.24, 2.45) is 0 Å². The first-order valence-electron chi connectivity index (χ1n) is 9.60. The number of hydrogen-bond acceptors (Lipinski definition) is 3. The first kappa shape index (κ1) is 19.9. The third-order valence-electron chi connectivity index (χ3n) is 5.18. The second kappa shape index (κ2) is 9.88. The van der Waals surface area contributed by atoms with E-state index in [2.05, 4.69) is 10.2 Å². The van der Waals surface area contributed by atoms with E-state index in [0.717, 1.165) is 43.6 Å². The van der Waals surface area contributed by atoms with Crippen molar-refractivity contribution in [3.63, 3.8) is 0 Å². The molecule has 3 rings (SSSR count). The zero-order chi connectivity index (χ0) is 19.1. The first-order chi connectivity index (χ1) is 13.1. The van der Waals surface area contributed by atoms with Gasteiger partial charge >= 0.3 is 0 Å². The molecule has 2 N–H and O–H groups in total. The fourth-order valence-electron chi connectivity index (χ4n) is 3.60. The van der Waals surface area contributed by atoms with Gasteiger partial charge in [0.1, 0.15) is 0 Å². The van der Waals surface area contributed by atoms with Gasteiger partial charge in [-0.1, -0.05) is 60.1 Å². The molecule has 4 nitrogen and oxygen atoms in total. The molecule has 27 heavy (non-hydrogen) atoms. The lowest BCUT2D eigenvalue weighted by atomic mass is 9.88. The first-order valence-corrected chi connectivity index (χ1v) is 9.98. The van der Waals surface area contributed by atoms with Crippen molar-refractivity contribution >= 4 is 17.5 Å². The molecule has 2 aromatic carbocycles. The number of amides is 1. The highest BCUT2D eigenvalue weighted by Gasteiger charge is 2.21. The van der Waals surface area contributed by atoms with Gasteiger partial charge in [-0.05, 0) is 30.0 Å². The van der Waals surface area contributed by atoms with Gasteiger partial charge in [-0.15, -0.1) is 0 Å². The van der Waals surface area contributed by atoms with Crippen LogP contribution in [-0.4, -0.2) is 48.2 Å². The van der Waals surface area contributed by atoms with Crippen LogP contribution in [0.25, 0.3) is 0 Å². The molecule has 2 aromatic rings. The quantitative estimate of drug-likeness (QED) is 0.766. The second-order valence-corrected chi connectivity index (χ2v) is 7.52. The van der Waals surface area contributed by atoms with Crippen molar-refractivity contribution in [2.45, 2.75) is 31.3 Å². The van der Waals surface area contributed by atoms with E-state index in [1.54, 1.807) is 0 Å². The number of aliphatic hydroxyl groups is 1. The van der Waals surface area contributed by atoms with Crippen molar-refractivity contribution in [1.29, 1.82) is 0 Å². The topological polar surface area (TPSA) is 52.6 Å². The highest BCUT2D eigenvalue weighted by atomic mass is 35.5. The van der Waals surface area contributed by atoms with Crippen LogP contribution in [0.3, 0.4) is 0 Å². The maximum Gasteiger partial charge on any atom is 0.220 e. The largest absolute Gasteiger partial charge is 0.393 e. The lowest BCUT2D eigenvalue weighted by Crippen LogP contribution is -2.41. The molecule has 144 valence electrons. The number of nitrogens with one attached hydrogen (secondary N) is 1. The average molecular weight is 387 g/mol. The van der Waals surface area contributed by atoms with Gasteiger partial charge in [-0.3, -0.25) is 4.79 Å². The van der Waals surface area contributed by atoms with Crippen LogP contribution in [0.4, 0.5) is 0 Å². The normalized spacial score (nSPS) is 16.8. The summed E-state index contributed by atoms with van der Waals surface area (Å²) in [4.78, 5) is 14.9. The predicted octanol–water partition coefficient (Wildman–Crippen LogP) is 3.43. The number of nitrogens with zero attached hydrogens (tertiary/aromatic N) is 1. The van der Waals surface area contributed by atoms with Gasteiger partial charge in [0.2, 0.25) is 5.91 Å². The Bertz CT molecular complexity index is 730. The van der Waals surface area contributed by atoms with Gasteiger partial charge in [0, 0.05) is 43.5 Å². The number of piperidine rings is 1. The molecule has 1 unspecified atom stereocenters. The number of carbonyl (C=O) groups excluding carboxylic acids is 1. The summed E-state index contributed by atoms with van der Waals surface area (Å²) >= 11 is 6.41. The van der Waals surface area contributed by atoms with Crippen LogP contribution < -0.4 is 5.32 Å². The fourth-order valence-corrected chi connectivity index (χ4v) is 3.87. The van der Waals surface area contributed by atoms with Crippen molar-refractivity contribution in [3.05, 3.63) is 70.7 Å². The Morgan fingerprint density at radius 3 is 2.48 bits per heavy atom. The van der Waals surface area contributed by atoms with Crippen molar-refractivity contribution in [1.82, 2.24) is 10.2 Å². The molecule has 1 aliphatic heterocycles. The van der Waals surface area contributed by atoms with Crippen molar-refractivity contribution in [3.8, 4) is 0 Å². The van der Waals surface area contributed by atoms with Crippen molar-refractivity contribution in [2.75, 3.05) is 26.2 Å². The fraction of sp³-hybridized carbons (Fsp3) is 0.409. The monoisotopic (exact) mass is 386 g/mol. The summed E-state index contributed by atoms with van der Waals surface area (Å²) in [7, 11) is 0. The number of benzene rings is 2. The maximum absolute atomic E-state index is 12.6. The molecule has 0 bridgehead atoms. The van der Waals surface area contributed by atoms with Crippen LogP contribution in [0.15, 0.2) is 54.6 Å². The number of hydrogen-bond donors (Lipinski definition) is 2. The predicted molar refractivity (Wildman–Crippen MR) is 109 cm³/mol. The van der Waals surface area contributed by atoms with Gasteiger partial charge < -0.3 is 15.3 Å². The minimum absolute atomic E-state index is 0.0285. The summed E-state index contributed by atoms with van der Waals surface area (Å²) in [5.74, 6) is -0.0362. The van der Waals surface area contributed by atoms with E-state index in [0.29, 0.717) is 18.0 Å². The molecule has 0 saturated carbocycles. The molecule has 0 aromatic heterocycles. The summed E-state index contributed by atoms with van der Waals surface area (Å²) in [5, 5.41) is 13.3. The summed E-state index contributed by atoms with van der Waals surface area (Å²) < 4.78 is 0. The number of halogens is 1. The summed E-state index contributed by atoms with van der Waals surface area (Å²) in [6.07, 6.45) is 1.83. The number of rotatable bonds is 7. The Kier molecular flexibility index (Phi) is 7.27. The van der Waals surface area contributed by atoms with Gasteiger partial charge in [0.25, 0.3) is 0 Å². The molecule has 0 radical (unpaired) electrons. The SMILES string of the molecule is O=C(CC(c1ccccc1)c1ccccc1Cl)NCCN1CCC(O)CC1.